The van der Waals surface area contributed by atoms with Crippen molar-refractivity contribution >= 4 is 26.8 Å². The first-order valence-electron chi connectivity index (χ1n) is 6.32. The molecule has 0 aliphatic carbocycles. The molecule has 22 heavy (non-hydrogen) atoms. The lowest BCUT2D eigenvalue weighted by Crippen LogP contribution is -2.11. The van der Waals surface area contributed by atoms with Crippen molar-refractivity contribution in [2.75, 3.05) is 12.9 Å². The van der Waals surface area contributed by atoms with Crippen molar-refractivity contribution in [3.63, 3.8) is 0 Å². The van der Waals surface area contributed by atoms with Gasteiger partial charge in [-0.25, -0.2) is 14.2 Å². The zero-order valence-electron chi connectivity index (χ0n) is 11.9. The molecule has 0 aliphatic rings. The summed E-state index contributed by atoms with van der Waals surface area (Å²) in [5.74, 6) is 5.93. The lowest BCUT2D eigenvalue weighted by Gasteiger charge is -2.02. The van der Waals surface area contributed by atoms with Crippen molar-refractivity contribution in [3.8, 4) is 11.8 Å². The smallest absolute Gasteiger partial charge is 0.264 e. The summed E-state index contributed by atoms with van der Waals surface area (Å²) in [4.78, 5) is 8.59. The molecule has 10 heteroatoms. The number of fused-ring (bicyclic) bond motifs is 3. The van der Waals surface area contributed by atoms with E-state index in [1.807, 2.05) is 0 Å². The first kappa shape index (κ1) is 14.4. The minimum atomic E-state index is -3.47. The molecule has 3 heterocycles. The van der Waals surface area contributed by atoms with Crippen LogP contribution in [0.25, 0.3) is 16.7 Å². The second kappa shape index (κ2) is 5.36. The highest BCUT2D eigenvalue weighted by atomic mass is 32.2. The predicted octanol–water partition coefficient (Wildman–Crippen LogP) is -0.178. The van der Waals surface area contributed by atoms with E-state index in [9.17, 15) is 8.42 Å². The average molecular weight is 320 g/mol. The fourth-order valence-corrected chi connectivity index (χ4v) is 2.35. The largest absolute Gasteiger partial charge is 0.268 e. The Kier molecular flexibility index (Phi) is 3.51. The summed E-state index contributed by atoms with van der Waals surface area (Å²) in [6.45, 7) is 1.95. The maximum absolute atomic E-state index is 11.0. The molecule has 0 fully saturated rings. The zero-order chi connectivity index (χ0) is 15.7. The normalized spacial score (nSPS) is 11.7. The van der Waals surface area contributed by atoms with E-state index in [1.54, 1.807) is 17.8 Å². The molecule has 0 spiro atoms. The summed E-state index contributed by atoms with van der Waals surface area (Å²) in [5.41, 5.74) is 1.17. The van der Waals surface area contributed by atoms with E-state index in [1.165, 1.54) is 10.8 Å². The Balaban J connectivity index is 1.97. The predicted molar refractivity (Wildman–Crippen MR) is 77.4 cm³/mol. The molecule has 3 aromatic heterocycles. The third kappa shape index (κ3) is 2.76. The van der Waals surface area contributed by atoms with E-state index in [0.29, 0.717) is 22.5 Å². The van der Waals surface area contributed by atoms with Gasteiger partial charge in [-0.1, -0.05) is 5.92 Å². The van der Waals surface area contributed by atoms with E-state index < -0.39 is 10.1 Å². The van der Waals surface area contributed by atoms with Gasteiger partial charge in [0.25, 0.3) is 10.1 Å². The van der Waals surface area contributed by atoms with Crippen molar-refractivity contribution in [2.24, 2.45) is 0 Å². The molecule has 3 rings (SSSR count). The van der Waals surface area contributed by atoms with Gasteiger partial charge >= 0.3 is 0 Å². The van der Waals surface area contributed by atoms with Crippen LogP contribution in [0.4, 0.5) is 0 Å². The second-order valence-corrected chi connectivity index (χ2v) is 6.10. The first-order valence-corrected chi connectivity index (χ1v) is 8.13. The van der Waals surface area contributed by atoms with E-state index in [0.717, 1.165) is 6.26 Å². The number of hydrogen-bond donors (Lipinski definition) is 0. The van der Waals surface area contributed by atoms with Gasteiger partial charge in [0.1, 0.15) is 6.33 Å². The second-order valence-electron chi connectivity index (χ2n) is 4.45. The van der Waals surface area contributed by atoms with Crippen LogP contribution in [0.5, 0.6) is 0 Å². The van der Waals surface area contributed by atoms with Gasteiger partial charge in [-0.3, -0.25) is 4.18 Å². The van der Waals surface area contributed by atoms with Crippen molar-refractivity contribution < 1.29 is 12.6 Å². The van der Waals surface area contributed by atoms with Crippen LogP contribution in [0.3, 0.4) is 0 Å². The van der Waals surface area contributed by atoms with Crippen LogP contribution in [0.1, 0.15) is 12.7 Å². The van der Waals surface area contributed by atoms with E-state index in [-0.39, 0.29) is 13.2 Å². The molecule has 0 N–H and O–H groups in total. The number of nitrogens with zero attached hydrogens (tertiary/aromatic N) is 6. The Morgan fingerprint density at radius 1 is 1.36 bits per heavy atom. The van der Waals surface area contributed by atoms with E-state index >= 15 is 0 Å². The molecule has 0 saturated carbocycles. The number of hydrogen-bond acceptors (Lipinski definition) is 7. The van der Waals surface area contributed by atoms with Gasteiger partial charge < -0.3 is 0 Å². The van der Waals surface area contributed by atoms with Crippen LogP contribution < -0.4 is 0 Å². The minimum Gasteiger partial charge on any atom is -0.268 e. The Bertz CT molecular complexity index is 1010. The highest BCUT2D eigenvalue weighted by molar-refractivity contribution is 7.85. The van der Waals surface area contributed by atoms with Crippen LogP contribution in [0.15, 0.2) is 12.5 Å². The van der Waals surface area contributed by atoms with Gasteiger partial charge in [0, 0.05) is 0 Å². The Hall–Kier alpha value is -2.51. The number of rotatable bonds is 4. The molecule has 0 atom stereocenters. The lowest BCUT2D eigenvalue weighted by molar-refractivity contribution is 0.299. The van der Waals surface area contributed by atoms with Gasteiger partial charge in [0.15, 0.2) is 11.3 Å². The van der Waals surface area contributed by atoms with Gasteiger partial charge in [0.05, 0.1) is 31.0 Å². The third-order valence-corrected chi connectivity index (χ3v) is 3.41. The van der Waals surface area contributed by atoms with Gasteiger partial charge in [-0.2, -0.15) is 18.5 Å². The van der Waals surface area contributed by atoms with Crippen LogP contribution in [0, 0.1) is 11.8 Å². The Labute approximate surface area is 126 Å². The fraction of sp³-hybridized carbons (Fsp3) is 0.333. The summed E-state index contributed by atoms with van der Waals surface area (Å²) in [6, 6.07) is 0. The topological polar surface area (TPSA) is 104 Å². The summed E-state index contributed by atoms with van der Waals surface area (Å²) in [7, 11) is -3.47. The summed E-state index contributed by atoms with van der Waals surface area (Å²) in [6.07, 6.45) is 4.12. The standard InChI is InChI=1S/C12H12N6O3S/c1-3-4-10-15-12-9-7-14-17(5-6-21-22(2,19)20)11(9)13-8-18(12)16-10/h7-8H,5-6H2,1-2H3. The van der Waals surface area contributed by atoms with Crippen LogP contribution >= 0.6 is 0 Å². The molecule has 0 saturated heterocycles. The molecule has 114 valence electrons. The average Bonchev–Trinajstić information content (AvgIpc) is 3.01. The van der Waals surface area contributed by atoms with Gasteiger partial charge in [-0.05, 0) is 12.8 Å². The quantitative estimate of drug-likeness (QED) is 0.485. The van der Waals surface area contributed by atoms with Crippen molar-refractivity contribution in [3.05, 3.63) is 18.3 Å². The van der Waals surface area contributed by atoms with E-state index in [2.05, 4.69) is 32.0 Å². The summed E-state index contributed by atoms with van der Waals surface area (Å²) >= 11 is 0. The number of aromatic nitrogens is 6. The molecular formula is C12H12N6O3S. The zero-order valence-corrected chi connectivity index (χ0v) is 12.7. The van der Waals surface area contributed by atoms with Crippen LogP contribution in [-0.4, -0.2) is 50.6 Å². The van der Waals surface area contributed by atoms with E-state index in [4.69, 9.17) is 4.18 Å². The summed E-state index contributed by atoms with van der Waals surface area (Å²) < 4.78 is 29.7. The maximum atomic E-state index is 11.0. The molecule has 0 aromatic carbocycles. The molecule has 0 radical (unpaired) electrons. The first-order chi connectivity index (χ1) is 10.5. The monoisotopic (exact) mass is 320 g/mol. The SMILES string of the molecule is CC#Cc1nc2c3cnn(CCOS(C)(=O)=O)c3ncn2n1. The molecule has 0 unspecified atom stereocenters. The minimum absolute atomic E-state index is 0.0122. The molecule has 0 amide bonds. The lowest BCUT2D eigenvalue weighted by atomic mass is 10.4. The summed E-state index contributed by atoms with van der Waals surface area (Å²) in [5, 5.41) is 9.07. The molecule has 0 bridgehead atoms. The fourth-order valence-electron chi connectivity index (χ4n) is 1.97. The van der Waals surface area contributed by atoms with Crippen molar-refractivity contribution in [1.82, 2.24) is 29.4 Å². The highest BCUT2D eigenvalue weighted by Gasteiger charge is 2.12. The van der Waals surface area contributed by atoms with Gasteiger partial charge in [-0.15, -0.1) is 5.10 Å². The van der Waals surface area contributed by atoms with Crippen molar-refractivity contribution in [1.29, 1.82) is 0 Å². The third-order valence-electron chi connectivity index (χ3n) is 2.81. The Morgan fingerprint density at radius 3 is 2.91 bits per heavy atom. The molecule has 9 nitrogen and oxygen atoms in total. The maximum Gasteiger partial charge on any atom is 0.264 e. The van der Waals surface area contributed by atoms with Crippen LogP contribution in [-0.2, 0) is 20.8 Å². The molecule has 0 aliphatic heterocycles. The van der Waals surface area contributed by atoms with Gasteiger partial charge in [0.2, 0.25) is 5.82 Å². The molecule has 3 aromatic rings. The Morgan fingerprint density at radius 2 is 2.18 bits per heavy atom. The van der Waals surface area contributed by atoms with Crippen molar-refractivity contribution in [2.45, 2.75) is 13.5 Å². The highest BCUT2D eigenvalue weighted by Crippen LogP contribution is 2.15. The molecular weight excluding hydrogens is 308 g/mol. The van der Waals surface area contributed by atoms with Crippen LogP contribution in [0.2, 0.25) is 0 Å².